The number of aromatic nitrogens is 1. The van der Waals surface area contributed by atoms with Crippen LogP contribution >= 0.6 is 11.6 Å². The van der Waals surface area contributed by atoms with E-state index < -0.39 is 5.97 Å². The van der Waals surface area contributed by atoms with Gasteiger partial charge in [-0.25, -0.2) is 9.78 Å². The second-order valence-electron chi connectivity index (χ2n) is 11.0. The van der Waals surface area contributed by atoms with Gasteiger partial charge < -0.3 is 24.2 Å². The summed E-state index contributed by atoms with van der Waals surface area (Å²) >= 11 is 5.54. The summed E-state index contributed by atoms with van der Waals surface area (Å²) in [6.07, 6.45) is 6.52. The average molecular weight is 622 g/mol. The molecule has 0 saturated carbocycles. The third kappa shape index (κ3) is 9.45. The summed E-state index contributed by atoms with van der Waals surface area (Å²) in [6.45, 7) is 10.1. The Morgan fingerprint density at radius 3 is 2.30 bits per heavy atom. The van der Waals surface area contributed by atoms with Crippen molar-refractivity contribution in [2.45, 2.75) is 45.4 Å². The van der Waals surface area contributed by atoms with Crippen molar-refractivity contribution in [1.29, 1.82) is 0 Å². The molecule has 1 aromatic heterocycles. The molecule has 6 rings (SSSR count). The fraction of sp³-hybridized carbons (Fsp3) is 0.429. The van der Waals surface area contributed by atoms with Crippen molar-refractivity contribution in [2.24, 2.45) is 0 Å². The largest absolute Gasteiger partial charge is 0.486 e. The lowest BCUT2D eigenvalue weighted by atomic mass is 9.88. The highest BCUT2D eigenvalue weighted by Gasteiger charge is 2.27. The van der Waals surface area contributed by atoms with Crippen LogP contribution < -0.4 is 14.4 Å². The lowest BCUT2D eigenvalue weighted by Crippen LogP contribution is -2.37. The molecular weight excluding hydrogens is 578 g/mol. The van der Waals surface area contributed by atoms with E-state index in [1.165, 1.54) is 12.0 Å². The SMILES string of the molecule is C1COC1.CC/C=C(\CN1CCC(c2cccc3c2OCCO3)CC1)N(C)c1nc(C(=O)O)ccc1C.Clc1ccccc1. The second-order valence-corrected chi connectivity index (χ2v) is 11.4. The van der Waals surface area contributed by atoms with Gasteiger partial charge >= 0.3 is 5.97 Å². The first-order valence-electron chi connectivity index (χ1n) is 15.4. The smallest absolute Gasteiger partial charge is 0.354 e. The van der Waals surface area contributed by atoms with Gasteiger partial charge in [-0.1, -0.05) is 61.0 Å². The Balaban J connectivity index is 0.000000335. The number of hydrogen-bond donors (Lipinski definition) is 1. The van der Waals surface area contributed by atoms with E-state index in [0.717, 1.165) is 79.9 Å². The van der Waals surface area contributed by atoms with E-state index in [1.807, 2.05) is 61.3 Å². The summed E-state index contributed by atoms with van der Waals surface area (Å²) in [5.41, 5.74) is 3.43. The number of nitrogens with zero attached hydrogens (tertiary/aromatic N) is 3. The lowest BCUT2D eigenvalue weighted by molar-refractivity contribution is 0.0367. The maximum absolute atomic E-state index is 11.4. The molecule has 0 radical (unpaired) electrons. The van der Waals surface area contributed by atoms with Gasteiger partial charge in [0.25, 0.3) is 0 Å². The van der Waals surface area contributed by atoms with Gasteiger partial charge in [0.15, 0.2) is 17.2 Å². The number of carbonyl (C=O) groups is 1. The molecule has 1 N–H and O–H groups in total. The molecule has 0 unspecified atom stereocenters. The van der Waals surface area contributed by atoms with E-state index in [9.17, 15) is 9.90 Å². The Kier molecular flexibility index (Phi) is 12.9. The third-order valence-electron chi connectivity index (χ3n) is 7.80. The van der Waals surface area contributed by atoms with Gasteiger partial charge in [0, 0.05) is 43.1 Å². The molecule has 0 aliphatic carbocycles. The van der Waals surface area contributed by atoms with E-state index in [2.05, 4.69) is 35.0 Å². The Hall–Kier alpha value is -3.59. The number of aryl methyl sites for hydroxylation is 1. The van der Waals surface area contributed by atoms with Crippen LogP contribution in [0.15, 0.2) is 72.4 Å². The molecule has 2 aromatic carbocycles. The zero-order valence-electron chi connectivity index (χ0n) is 26.0. The van der Waals surface area contributed by atoms with Crippen LogP contribution in [0.5, 0.6) is 11.5 Å². The first-order chi connectivity index (χ1) is 21.4. The van der Waals surface area contributed by atoms with Crippen molar-refractivity contribution >= 4 is 23.4 Å². The van der Waals surface area contributed by atoms with Gasteiger partial charge in [-0.05, 0) is 81.4 Å². The molecule has 3 aliphatic heterocycles. The van der Waals surface area contributed by atoms with Gasteiger partial charge in [0.2, 0.25) is 0 Å². The minimum absolute atomic E-state index is 0.0662. The predicted octanol–water partition coefficient (Wildman–Crippen LogP) is 7.22. The number of aromatic carboxylic acids is 1. The van der Waals surface area contributed by atoms with Crippen molar-refractivity contribution < 1.29 is 24.1 Å². The number of benzene rings is 2. The monoisotopic (exact) mass is 621 g/mol. The first kappa shape index (κ1) is 33.3. The number of para-hydroxylation sites is 1. The van der Waals surface area contributed by atoms with Crippen molar-refractivity contribution in [2.75, 3.05) is 58.0 Å². The fourth-order valence-corrected chi connectivity index (χ4v) is 5.41. The molecule has 44 heavy (non-hydrogen) atoms. The second kappa shape index (κ2) is 17.0. The summed E-state index contributed by atoms with van der Waals surface area (Å²) in [5.74, 6) is 1.93. The van der Waals surface area contributed by atoms with Crippen LogP contribution in [-0.4, -0.2) is 74.1 Å². The molecule has 9 heteroatoms. The van der Waals surface area contributed by atoms with E-state index >= 15 is 0 Å². The van der Waals surface area contributed by atoms with Crippen LogP contribution in [-0.2, 0) is 4.74 Å². The third-order valence-corrected chi connectivity index (χ3v) is 8.05. The molecule has 3 aromatic rings. The number of likely N-dealkylation sites (N-methyl/N-ethyl adjacent to an activating group) is 1. The molecule has 3 aliphatic rings. The van der Waals surface area contributed by atoms with E-state index in [0.29, 0.717) is 24.9 Å². The number of piperidine rings is 1. The minimum Gasteiger partial charge on any atom is -0.486 e. The number of fused-ring (bicyclic) bond motifs is 1. The maximum Gasteiger partial charge on any atom is 0.354 e. The topological polar surface area (TPSA) is 84.4 Å². The van der Waals surface area contributed by atoms with Crippen molar-refractivity contribution in [3.8, 4) is 11.5 Å². The minimum atomic E-state index is -1.01. The number of allylic oxidation sites excluding steroid dienone is 1. The zero-order valence-corrected chi connectivity index (χ0v) is 26.8. The van der Waals surface area contributed by atoms with Crippen LogP contribution in [0.1, 0.15) is 60.1 Å². The molecular formula is C35H44ClN3O5. The molecule has 4 heterocycles. The highest BCUT2D eigenvalue weighted by Crippen LogP contribution is 2.41. The molecule has 236 valence electrons. The number of likely N-dealkylation sites (tertiary alicyclic amines) is 1. The predicted molar refractivity (Wildman–Crippen MR) is 175 cm³/mol. The fourth-order valence-electron chi connectivity index (χ4n) is 5.26. The van der Waals surface area contributed by atoms with Crippen molar-refractivity contribution in [3.63, 3.8) is 0 Å². The van der Waals surface area contributed by atoms with Crippen LogP contribution in [0.3, 0.4) is 0 Å². The quantitative estimate of drug-likeness (QED) is 0.296. The molecule has 0 bridgehead atoms. The number of hydrogen-bond acceptors (Lipinski definition) is 7. The Bertz CT molecular complexity index is 1370. The number of halogens is 1. The summed E-state index contributed by atoms with van der Waals surface area (Å²) < 4.78 is 16.4. The Morgan fingerprint density at radius 2 is 1.70 bits per heavy atom. The van der Waals surface area contributed by atoms with Crippen LogP contribution in [0.2, 0.25) is 5.02 Å². The number of carboxylic acids is 1. The van der Waals surface area contributed by atoms with Gasteiger partial charge in [0.05, 0.1) is 0 Å². The highest BCUT2D eigenvalue weighted by molar-refractivity contribution is 6.30. The summed E-state index contributed by atoms with van der Waals surface area (Å²) in [4.78, 5) is 20.3. The Morgan fingerprint density at radius 1 is 1.02 bits per heavy atom. The number of carboxylic acid groups (broad SMARTS) is 1. The normalized spacial score (nSPS) is 16.4. The zero-order chi connectivity index (χ0) is 31.3. The molecule has 2 fully saturated rings. The first-order valence-corrected chi connectivity index (χ1v) is 15.8. The maximum atomic E-state index is 11.4. The lowest BCUT2D eigenvalue weighted by Gasteiger charge is -2.35. The summed E-state index contributed by atoms with van der Waals surface area (Å²) in [5, 5.41) is 10.2. The average Bonchev–Trinajstić information content (AvgIpc) is 3.01. The van der Waals surface area contributed by atoms with Gasteiger partial charge in [-0.2, -0.15) is 0 Å². The molecule has 0 atom stereocenters. The standard InChI is InChI=1S/C26H33N3O4.C6H5Cl.C3H6O/c1-4-6-20(28(3)25-18(2)9-10-22(27-25)26(30)31)17-29-13-11-19(12-14-29)21-7-5-8-23-24(21)33-16-15-32-23;7-6-4-2-1-3-5-6;1-2-4-3-1/h5-10,19H,4,11-17H2,1-3H3,(H,30,31);1-5H;1-3H2/b20-6+;;. The van der Waals surface area contributed by atoms with E-state index in [4.69, 9.17) is 25.8 Å². The van der Waals surface area contributed by atoms with Crippen LogP contribution in [0.25, 0.3) is 0 Å². The van der Waals surface area contributed by atoms with Gasteiger partial charge in [-0.3, -0.25) is 4.90 Å². The number of ether oxygens (including phenoxy) is 3. The molecule has 0 spiro atoms. The Labute approximate surface area is 266 Å². The van der Waals surface area contributed by atoms with Crippen molar-refractivity contribution in [1.82, 2.24) is 9.88 Å². The summed E-state index contributed by atoms with van der Waals surface area (Å²) in [6, 6.07) is 19.0. The highest BCUT2D eigenvalue weighted by atomic mass is 35.5. The van der Waals surface area contributed by atoms with E-state index in [1.54, 1.807) is 6.07 Å². The molecule has 2 saturated heterocycles. The number of pyridine rings is 1. The van der Waals surface area contributed by atoms with Crippen molar-refractivity contribution in [3.05, 3.63) is 94.3 Å². The van der Waals surface area contributed by atoms with Gasteiger partial charge in [0.1, 0.15) is 19.0 Å². The molecule has 0 amide bonds. The molecule has 8 nitrogen and oxygen atoms in total. The van der Waals surface area contributed by atoms with Gasteiger partial charge in [-0.15, -0.1) is 0 Å². The number of anilines is 1. The summed E-state index contributed by atoms with van der Waals surface area (Å²) in [7, 11) is 1.97. The number of rotatable bonds is 7. The van der Waals surface area contributed by atoms with Crippen LogP contribution in [0, 0.1) is 6.92 Å². The van der Waals surface area contributed by atoms with Crippen LogP contribution in [0.4, 0.5) is 5.82 Å². The van der Waals surface area contributed by atoms with E-state index in [-0.39, 0.29) is 5.69 Å².